The van der Waals surface area contributed by atoms with E-state index < -0.39 is 0 Å². The maximum Gasteiger partial charge on any atom is 0.0169 e. The molecule has 8 fully saturated rings. The Balaban J connectivity index is 1.20. The topological polar surface area (TPSA) is 3.24 Å². The summed E-state index contributed by atoms with van der Waals surface area (Å²) in [4.78, 5) is 3.46. The maximum atomic E-state index is 3.46. The van der Waals surface area contributed by atoms with Gasteiger partial charge in [-0.1, -0.05) is 58.8 Å². The van der Waals surface area contributed by atoms with Crippen LogP contribution in [0.3, 0.4) is 0 Å². The second-order valence-electron chi connectivity index (χ2n) is 15.5. The first-order valence-corrected chi connectivity index (χ1v) is 17.5. The molecule has 0 bridgehead atoms. The van der Waals surface area contributed by atoms with E-state index in [1.807, 2.05) is 0 Å². The summed E-state index contributed by atoms with van der Waals surface area (Å²) in [7, 11) is 0. The Morgan fingerprint density at radius 3 is 2.09 bits per heavy atom. The lowest BCUT2D eigenvalue weighted by Crippen LogP contribution is -2.58. The molecule has 6 saturated carbocycles. The van der Waals surface area contributed by atoms with E-state index in [9.17, 15) is 0 Å². The average Bonchev–Trinajstić information content (AvgIpc) is 3.50. The minimum Gasteiger partial charge on any atom is -0.293 e. The molecule has 0 spiro atoms. The monoisotopic (exact) mass is 495 g/mol. The van der Waals surface area contributed by atoms with Gasteiger partial charge in [-0.15, -0.1) is 0 Å². The molecule has 2 saturated heterocycles. The summed E-state index contributed by atoms with van der Waals surface area (Å²) >= 11 is 2.51. The number of rotatable bonds is 1. The predicted octanol–water partition coefficient (Wildman–Crippen LogP) is 8.56. The van der Waals surface area contributed by atoms with E-state index in [-0.39, 0.29) is 0 Å². The molecule has 2 heteroatoms. The molecule has 196 valence electrons. The van der Waals surface area contributed by atoms with Gasteiger partial charge in [0.2, 0.25) is 0 Å². The van der Waals surface area contributed by atoms with Gasteiger partial charge in [0.25, 0.3) is 0 Å². The number of nitrogens with zero attached hydrogens (tertiary/aromatic N) is 1. The van der Waals surface area contributed by atoms with Crippen molar-refractivity contribution in [3.05, 3.63) is 0 Å². The molecule has 13 atom stereocenters. The molecule has 8 rings (SSSR count). The van der Waals surface area contributed by atoms with Crippen molar-refractivity contribution in [2.45, 2.75) is 152 Å². The summed E-state index contributed by atoms with van der Waals surface area (Å²) in [6, 6.07) is 2.87. The molecule has 0 aromatic heterocycles. The lowest BCUT2D eigenvalue weighted by atomic mass is 9.61. The van der Waals surface area contributed by atoms with Crippen LogP contribution in [0.2, 0.25) is 0 Å². The van der Waals surface area contributed by atoms with Gasteiger partial charge in [0, 0.05) is 28.6 Å². The summed E-state index contributed by atoms with van der Waals surface area (Å²) < 4.78 is 0. The molecule has 6 aliphatic carbocycles. The van der Waals surface area contributed by atoms with Gasteiger partial charge in [-0.25, -0.2) is 0 Å². The fourth-order valence-electron chi connectivity index (χ4n) is 13.3. The highest BCUT2D eigenvalue weighted by molar-refractivity contribution is 8.00. The predicted molar refractivity (Wildman–Crippen MR) is 149 cm³/mol. The largest absolute Gasteiger partial charge is 0.293 e. The van der Waals surface area contributed by atoms with Crippen LogP contribution in [0.25, 0.3) is 0 Å². The van der Waals surface area contributed by atoms with Gasteiger partial charge in [0.05, 0.1) is 0 Å². The molecule has 35 heavy (non-hydrogen) atoms. The first-order chi connectivity index (χ1) is 17.1. The van der Waals surface area contributed by atoms with E-state index in [1.54, 1.807) is 64.2 Å². The minimum atomic E-state index is 0.580. The van der Waals surface area contributed by atoms with E-state index in [2.05, 4.69) is 30.5 Å². The zero-order valence-electron chi connectivity index (χ0n) is 22.9. The van der Waals surface area contributed by atoms with Gasteiger partial charge >= 0.3 is 0 Å². The van der Waals surface area contributed by atoms with Crippen molar-refractivity contribution in [2.75, 3.05) is 0 Å². The Bertz CT molecular complexity index is 807. The van der Waals surface area contributed by atoms with Crippen LogP contribution in [0.15, 0.2) is 0 Å². The van der Waals surface area contributed by atoms with Crippen LogP contribution < -0.4 is 0 Å². The van der Waals surface area contributed by atoms with Crippen molar-refractivity contribution >= 4 is 11.8 Å². The third kappa shape index (κ3) is 3.29. The second kappa shape index (κ2) is 8.66. The van der Waals surface area contributed by atoms with Crippen LogP contribution in [0.4, 0.5) is 0 Å². The molecule has 0 amide bonds. The summed E-state index contributed by atoms with van der Waals surface area (Å²) in [5.41, 5.74) is 0.580. The van der Waals surface area contributed by atoms with E-state index >= 15 is 0 Å². The van der Waals surface area contributed by atoms with Gasteiger partial charge < -0.3 is 0 Å². The van der Waals surface area contributed by atoms with Crippen molar-refractivity contribution in [1.82, 2.24) is 4.90 Å². The number of thioether (sulfide) groups is 1. The lowest BCUT2D eigenvalue weighted by Gasteiger charge is -2.53. The van der Waals surface area contributed by atoms with Gasteiger partial charge in [0.1, 0.15) is 0 Å². The third-order valence-corrected chi connectivity index (χ3v) is 16.0. The van der Waals surface area contributed by atoms with Crippen molar-refractivity contribution in [2.24, 2.45) is 52.8 Å². The van der Waals surface area contributed by atoms with Crippen LogP contribution in [-0.2, 0) is 0 Å². The molecular weight excluding hydrogens is 442 g/mol. The van der Waals surface area contributed by atoms with E-state index in [4.69, 9.17) is 0 Å². The Kier molecular flexibility index (Phi) is 5.74. The maximum absolute atomic E-state index is 3.46. The third-order valence-electron chi connectivity index (χ3n) is 14.2. The van der Waals surface area contributed by atoms with E-state index in [1.165, 1.54) is 44.9 Å². The molecule has 8 aliphatic rings. The van der Waals surface area contributed by atoms with Gasteiger partial charge in [0.15, 0.2) is 0 Å². The van der Waals surface area contributed by atoms with Crippen LogP contribution in [0.1, 0.15) is 123 Å². The van der Waals surface area contributed by atoms with Crippen molar-refractivity contribution in [3.63, 3.8) is 0 Å². The second-order valence-corrected chi connectivity index (χ2v) is 17.0. The molecule has 13 unspecified atom stereocenters. The first kappa shape index (κ1) is 23.2. The molecular formula is C33H53NS. The Morgan fingerprint density at radius 1 is 0.543 bits per heavy atom. The molecule has 0 aromatic carbocycles. The fourth-order valence-corrected chi connectivity index (χ4v) is 15.5. The SMILES string of the molecule is CC1(C)C2CCCCC2C2CCC3C4CCCCC4N(C4CCCC5SC6CCCCC6C54)C3C21. The van der Waals surface area contributed by atoms with Crippen LogP contribution >= 0.6 is 11.8 Å². The average molecular weight is 496 g/mol. The quantitative estimate of drug-likeness (QED) is 0.358. The fraction of sp³-hybridized carbons (Fsp3) is 1.00. The number of fused-ring (bicyclic) bond motifs is 10. The van der Waals surface area contributed by atoms with Crippen molar-refractivity contribution in [3.8, 4) is 0 Å². The molecule has 2 heterocycles. The van der Waals surface area contributed by atoms with Crippen molar-refractivity contribution in [1.29, 1.82) is 0 Å². The Morgan fingerprint density at radius 2 is 1.20 bits per heavy atom. The Labute approximate surface area is 220 Å². The van der Waals surface area contributed by atoms with Crippen LogP contribution in [0, 0.1) is 52.8 Å². The standard InChI is InChI=1S/C33H53NS/c1-33(2)25-13-6-3-10-20(25)22-18-19-23-21-11-4-7-14-26(21)34(32(23)31(22)33)27-15-9-17-29-30(27)24-12-5-8-16-28(24)35-29/h20-32H,3-19H2,1-2H3. The molecule has 1 nitrogen and oxygen atoms in total. The number of hydrogen-bond donors (Lipinski definition) is 0. The minimum absolute atomic E-state index is 0.580. The normalized spacial score (nSPS) is 56.9. The zero-order valence-corrected chi connectivity index (χ0v) is 23.7. The molecule has 0 aromatic rings. The number of likely N-dealkylation sites (tertiary alicyclic amines) is 1. The van der Waals surface area contributed by atoms with Crippen LogP contribution in [0.5, 0.6) is 0 Å². The van der Waals surface area contributed by atoms with Gasteiger partial charge in [-0.3, -0.25) is 4.90 Å². The van der Waals surface area contributed by atoms with E-state index in [0.717, 1.165) is 76.0 Å². The zero-order chi connectivity index (χ0) is 23.3. The highest BCUT2D eigenvalue weighted by Gasteiger charge is 2.66. The first-order valence-electron chi connectivity index (χ1n) is 16.6. The smallest absolute Gasteiger partial charge is 0.0169 e. The summed E-state index contributed by atoms with van der Waals surface area (Å²) in [6.45, 7) is 5.57. The lowest BCUT2D eigenvalue weighted by molar-refractivity contribution is -0.0398. The highest BCUT2D eigenvalue weighted by Crippen LogP contribution is 2.68. The van der Waals surface area contributed by atoms with Crippen molar-refractivity contribution < 1.29 is 0 Å². The Hall–Kier alpha value is 0.310. The highest BCUT2D eigenvalue weighted by atomic mass is 32.2. The van der Waals surface area contributed by atoms with Crippen LogP contribution in [-0.4, -0.2) is 33.5 Å². The summed E-state index contributed by atoms with van der Waals surface area (Å²) in [5.74, 6) is 8.44. The van der Waals surface area contributed by atoms with Gasteiger partial charge in [-0.2, -0.15) is 11.8 Å². The molecule has 0 radical (unpaired) electrons. The summed E-state index contributed by atoms with van der Waals surface area (Å²) in [6.07, 6.45) is 26.4. The molecule has 0 N–H and O–H groups in total. The molecule has 2 aliphatic heterocycles. The van der Waals surface area contributed by atoms with Gasteiger partial charge in [-0.05, 0) is 117 Å². The van der Waals surface area contributed by atoms with E-state index in [0.29, 0.717) is 5.41 Å². The summed E-state index contributed by atoms with van der Waals surface area (Å²) in [5, 5.41) is 2.05. The number of hydrogen-bond acceptors (Lipinski definition) is 2.